The molecule has 2 rings (SSSR count). The minimum absolute atomic E-state index is 0.0768. The van der Waals surface area contributed by atoms with Crippen molar-refractivity contribution in [1.82, 2.24) is 9.71 Å². The van der Waals surface area contributed by atoms with Gasteiger partial charge in [0.05, 0.1) is 15.6 Å². The fourth-order valence-electron chi connectivity index (χ4n) is 1.81. The normalized spacial score (nSPS) is 11.8. The van der Waals surface area contributed by atoms with Crippen molar-refractivity contribution in [1.29, 1.82) is 0 Å². The van der Waals surface area contributed by atoms with E-state index in [1.807, 2.05) is 13.8 Å². The Kier molecular flexibility index (Phi) is 4.75. The van der Waals surface area contributed by atoms with Crippen molar-refractivity contribution >= 4 is 21.4 Å². The number of thiazole rings is 1. The van der Waals surface area contributed by atoms with Crippen molar-refractivity contribution in [2.45, 2.75) is 32.1 Å². The van der Waals surface area contributed by atoms with Crippen molar-refractivity contribution in [2.24, 2.45) is 0 Å². The topological polar surface area (TPSA) is 59.1 Å². The van der Waals surface area contributed by atoms with Crippen LogP contribution in [0.3, 0.4) is 0 Å². The molecule has 0 spiro atoms. The molecule has 1 aromatic heterocycles. The van der Waals surface area contributed by atoms with Crippen molar-refractivity contribution < 1.29 is 12.8 Å². The molecule has 0 atom stereocenters. The number of aryl methyl sites for hydroxylation is 3. The Morgan fingerprint density at radius 1 is 1.29 bits per heavy atom. The standard InChI is InChI=1S/C14H17FN2O2S2/c1-9-8-12(4-5-13(9)15)21(18,19)16-7-6-14-17-10(2)11(3)20-14/h4-5,8,16H,6-7H2,1-3H3. The van der Waals surface area contributed by atoms with E-state index in [1.165, 1.54) is 19.1 Å². The summed E-state index contributed by atoms with van der Waals surface area (Å²) in [5, 5.41) is 0.906. The van der Waals surface area contributed by atoms with E-state index in [4.69, 9.17) is 0 Å². The molecule has 0 aliphatic carbocycles. The first kappa shape index (κ1) is 16.1. The molecule has 4 nitrogen and oxygen atoms in total. The van der Waals surface area contributed by atoms with E-state index >= 15 is 0 Å². The summed E-state index contributed by atoms with van der Waals surface area (Å²) in [6.07, 6.45) is 0.540. The Bertz CT molecular complexity index is 735. The molecule has 7 heteroatoms. The van der Waals surface area contributed by atoms with Crippen LogP contribution in [-0.4, -0.2) is 19.9 Å². The average Bonchev–Trinajstić information content (AvgIpc) is 2.71. The minimum Gasteiger partial charge on any atom is -0.246 e. The minimum atomic E-state index is -3.61. The van der Waals surface area contributed by atoms with Gasteiger partial charge in [-0.25, -0.2) is 22.5 Å². The summed E-state index contributed by atoms with van der Waals surface area (Å²) in [6.45, 7) is 5.73. The van der Waals surface area contributed by atoms with Crippen molar-refractivity contribution in [3.8, 4) is 0 Å². The second kappa shape index (κ2) is 6.21. The molecule has 0 unspecified atom stereocenters. The van der Waals surface area contributed by atoms with Crippen molar-refractivity contribution in [2.75, 3.05) is 6.54 Å². The zero-order valence-electron chi connectivity index (χ0n) is 12.1. The van der Waals surface area contributed by atoms with Crippen molar-refractivity contribution in [3.63, 3.8) is 0 Å². The van der Waals surface area contributed by atoms with Gasteiger partial charge in [0.25, 0.3) is 0 Å². The molecule has 0 radical (unpaired) electrons. The number of halogens is 1. The molecular formula is C14H17FN2O2S2. The SMILES string of the molecule is Cc1cc(S(=O)(=O)NCCc2nc(C)c(C)s2)ccc1F. The van der Waals surface area contributed by atoms with E-state index in [0.29, 0.717) is 12.0 Å². The van der Waals surface area contributed by atoms with Crippen LogP contribution in [0.15, 0.2) is 23.1 Å². The van der Waals surface area contributed by atoms with Crippen LogP contribution < -0.4 is 4.72 Å². The molecule has 0 aliphatic heterocycles. The van der Waals surface area contributed by atoms with Gasteiger partial charge < -0.3 is 0 Å². The summed E-state index contributed by atoms with van der Waals surface area (Å²) < 4.78 is 39.9. The number of nitrogens with zero attached hydrogens (tertiary/aromatic N) is 1. The third-order valence-corrected chi connectivity index (χ3v) is 5.73. The molecule has 0 saturated heterocycles. The van der Waals surface area contributed by atoms with Gasteiger partial charge in [-0.15, -0.1) is 11.3 Å². The number of sulfonamides is 1. The van der Waals surface area contributed by atoms with Crippen LogP contribution in [0.2, 0.25) is 0 Å². The maximum Gasteiger partial charge on any atom is 0.240 e. The van der Waals surface area contributed by atoms with E-state index in [0.717, 1.165) is 21.6 Å². The highest BCUT2D eigenvalue weighted by atomic mass is 32.2. The molecule has 0 fully saturated rings. The lowest BCUT2D eigenvalue weighted by Gasteiger charge is -2.07. The molecule has 1 N–H and O–H groups in total. The highest BCUT2D eigenvalue weighted by molar-refractivity contribution is 7.89. The van der Waals surface area contributed by atoms with Crippen LogP contribution in [0.5, 0.6) is 0 Å². The number of hydrogen-bond donors (Lipinski definition) is 1. The van der Waals surface area contributed by atoms with E-state index in [9.17, 15) is 12.8 Å². The van der Waals surface area contributed by atoms with Gasteiger partial charge in [-0.1, -0.05) is 0 Å². The Morgan fingerprint density at radius 3 is 2.57 bits per heavy atom. The Balaban J connectivity index is 2.02. The third-order valence-electron chi connectivity index (χ3n) is 3.14. The first-order valence-corrected chi connectivity index (χ1v) is 8.78. The van der Waals surface area contributed by atoms with E-state index in [2.05, 4.69) is 9.71 Å². The number of rotatable bonds is 5. The predicted molar refractivity (Wildman–Crippen MR) is 81.6 cm³/mol. The number of nitrogens with one attached hydrogen (secondary N) is 1. The summed E-state index contributed by atoms with van der Waals surface area (Å²) in [7, 11) is -3.61. The molecule has 2 aromatic rings. The maximum atomic E-state index is 13.2. The second-order valence-corrected chi connectivity index (χ2v) is 7.86. The number of benzene rings is 1. The third kappa shape index (κ3) is 3.87. The number of aromatic nitrogens is 1. The summed E-state index contributed by atoms with van der Waals surface area (Å²) in [5.41, 5.74) is 1.29. The van der Waals surface area contributed by atoms with Gasteiger partial charge in [0.1, 0.15) is 5.82 Å². The zero-order valence-corrected chi connectivity index (χ0v) is 13.7. The Hall–Kier alpha value is -1.31. The highest BCUT2D eigenvalue weighted by Gasteiger charge is 2.15. The summed E-state index contributed by atoms with van der Waals surface area (Å²) >= 11 is 1.57. The largest absolute Gasteiger partial charge is 0.246 e. The lowest BCUT2D eigenvalue weighted by atomic mass is 10.2. The second-order valence-electron chi connectivity index (χ2n) is 4.81. The average molecular weight is 328 g/mol. The quantitative estimate of drug-likeness (QED) is 0.918. The highest BCUT2D eigenvalue weighted by Crippen LogP contribution is 2.17. The molecule has 0 bridgehead atoms. The van der Waals surface area contributed by atoms with E-state index in [-0.39, 0.29) is 11.4 Å². The van der Waals surface area contributed by atoms with E-state index in [1.54, 1.807) is 11.3 Å². The molecule has 21 heavy (non-hydrogen) atoms. The molecule has 0 saturated carbocycles. The van der Waals surface area contributed by atoms with Gasteiger partial charge in [0.15, 0.2) is 0 Å². The molecule has 0 amide bonds. The van der Waals surface area contributed by atoms with Crippen molar-refractivity contribution in [3.05, 3.63) is 45.2 Å². The van der Waals surface area contributed by atoms with Crippen LogP contribution in [-0.2, 0) is 16.4 Å². The molecule has 114 valence electrons. The van der Waals surface area contributed by atoms with Crippen LogP contribution in [0, 0.1) is 26.6 Å². The van der Waals surface area contributed by atoms with Gasteiger partial charge in [0.2, 0.25) is 10.0 Å². The summed E-state index contributed by atoms with van der Waals surface area (Å²) in [6, 6.07) is 3.76. The lowest BCUT2D eigenvalue weighted by Crippen LogP contribution is -2.26. The maximum absolute atomic E-state index is 13.2. The fraction of sp³-hybridized carbons (Fsp3) is 0.357. The van der Waals surface area contributed by atoms with Gasteiger partial charge in [-0.3, -0.25) is 0 Å². The first-order valence-electron chi connectivity index (χ1n) is 6.48. The summed E-state index contributed by atoms with van der Waals surface area (Å²) in [5.74, 6) is -0.414. The fourth-order valence-corrected chi connectivity index (χ4v) is 3.86. The van der Waals surface area contributed by atoms with Crippen LogP contribution in [0.1, 0.15) is 21.1 Å². The Morgan fingerprint density at radius 2 is 2.00 bits per heavy atom. The Labute approximate surface area is 128 Å². The number of hydrogen-bond acceptors (Lipinski definition) is 4. The first-order chi connectivity index (χ1) is 9.79. The zero-order chi connectivity index (χ0) is 15.6. The van der Waals surface area contributed by atoms with Gasteiger partial charge in [-0.05, 0) is 44.5 Å². The smallest absolute Gasteiger partial charge is 0.240 e. The molecule has 1 heterocycles. The van der Waals surface area contributed by atoms with Gasteiger partial charge in [-0.2, -0.15) is 0 Å². The van der Waals surface area contributed by atoms with Crippen LogP contribution in [0.4, 0.5) is 4.39 Å². The molecular weight excluding hydrogens is 311 g/mol. The van der Waals surface area contributed by atoms with E-state index < -0.39 is 15.8 Å². The predicted octanol–water partition coefficient (Wildman–Crippen LogP) is 2.73. The lowest BCUT2D eigenvalue weighted by molar-refractivity contribution is 0.580. The van der Waals surface area contributed by atoms with Gasteiger partial charge >= 0.3 is 0 Å². The molecule has 0 aliphatic rings. The summed E-state index contributed by atoms with van der Waals surface area (Å²) in [4.78, 5) is 5.58. The monoisotopic (exact) mass is 328 g/mol. The van der Waals surface area contributed by atoms with Gasteiger partial charge in [0, 0.05) is 17.8 Å². The van der Waals surface area contributed by atoms with Crippen LogP contribution >= 0.6 is 11.3 Å². The molecule has 1 aromatic carbocycles. The van der Waals surface area contributed by atoms with Crippen LogP contribution in [0.25, 0.3) is 0 Å².